The largest absolute Gasteiger partial charge is 0.361 e. The lowest BCUT2D eigenvalue weighted by Crippen LogP contribution is -2.31. The van der Waals surface area contributed by atoms with Crippen LogP contribution in [-0.2, 0) is 4.79 Å². The highest BCUT2D eigenvalue weighted by atomic mass is 16.2. The van der Waals surface area contributed by atoms with Crippen molar-refractivity contribution in [3.63, 3.8) is 0 Å². The van der Waals surface area contributed by atoms with Gasteiger partial charge in [0, 0.05) is 26.1 Å². The zero-order valence-electron chi connectivity index (χ0n) is 18.9. The van der Waals surface area contributed by atoms with Crippen molar-refractivity contribution in [3.8, 4) is 5.69 Å². The lowest BCUT2D eigenvalue weighted by atomic mass is 10.1. The van der Waals surface area contributed by atoms with E-state index in [0.29, 0.717) is 17.3 Å². The van der Waals surface area contributed by atoms with Crippen LogP contribution in [0.15, 0.2) is 24.3 Å². The maximum absolute atomic E-state index is 12.5. The smallest absolute Gasteiger partial charge is 0.273 e. The Morgan fingerprint density at radius 1 is 1.15 bits per heavy atom. The molecule has 1 unspecified atom stereocenters. The minimum Gasteiger partial charge on any atom is -0.361 e. The summed E-state index contributed by atoms with van der Waals surface area (Å²) in [6.45, 7) is 3.94. The molecule has 1 aliphatic carbocycles. The van der Waals surface area contributed by atoms with Gasteiger partial charge in [0.2, 0.25) is 5.91 Å². The van der Waals surface area contributed by atoms with E-state index in [0.717, 1.165) is 35.7 Å². The Kier molecular flexibility index (Phi) is 4.95. The van der Waals surface area contributed by atoms with E-state index in [-0.39, 0.29) is 29.5 Å². The predicted octanol–water partition coefficient (Wildman–Crippen LogP) is 2.33. The maximum atomic E-state index is 12.5. The summed E-state index contributed by atoms with van der Waals surface area (Å²) in [5, 5.41) is 21.4. The Morgan fingerprint density at radius 3 is 2.67 bits per heavy atom. The average molecular weight is 448 g/mol. The minimum atomic E-state index is -0.384. The Morgan fingerprint density at radius 2 is 1.94 bits per heavy atom. The van der Waals surface area contributed by atoms with Crippen molar-refractivity contribution < 1.29 is 9.59 Å². The summed E-state index contributed by atoms with van der Waals surface area (Å²) in [6, 6.07) is 7.44. The van der Waals surface area contributed by atoms with E-state index in [1.165, 1.54) is 7.05 Å². The van der Waals surface area contributed by atoms with Gasteiger partial charge in [-0.3, -0.25) is 9.59 Å². The summed E-state index contributed by atoms with van der Waals surface area (Å²) in [5.74, 6) is 1.42. The molecular formula is C22H25N9O2. The Hall–Kier alpha value is -4.02. The number of carbonyl (C=O) groups excluding carboxylic acids is 2. The van der Waals surface area contributed by atoms with Crippen LogP contribution in [0.1, 0.15) is 47.9 Å². The second-order valence-electron chi connectivity index (χ2n) is 8.35. The van der Waals surface area contributed by atoms with Crippen molar-refractivity contribution >= 4 is 34.7 Å². The summed E-state index contributed by atoms with van der Waals surface area (Å²) in [7, 11) is 3.53. The number of para-hydroxylation sites is 1. The predicted molar refractivity (Wildman–Crippen MR) is 123 cm³/mol. The third kappa shape index (κ3) is 3.65. The standard InChI is InChI=1S/C22H25N9O2/c1-11-20-24-12(2)29-31(20)16-7-5-6-14(19(16)30(11)4)25-15-10-17(26-21(32)13-8-9-13)27-28-18(15)22(33)23-3/h5-7,10-11,13H,8-9H2,1-4H3,(H,23,33)(H2,25,26,27,32). The van der Waals surface area contributed by atoms with Crippen LogP contribution in [0.25, 0.3) is 5.69 Å². The number of carbonyl (C=O) groups is 2. The molecule has 0 bridgehead atoms. The maximum Gasteiger partial charge on any atom is 0.273 e. The summed E-state index contributed by atoms with van der Waals surface area (Å²) in [4.78, 5) is 31.4. The van der Waals surface area contributed by atoms with Crippen LogP contribution in [0.4, 0.5) is 22.9 Å². The number of aromatic nitrogens is 5. The van der Waals surface area contributed by atoms with Crippen molar-refractivity contribution in [1.82, 2.24) is 30.3 Å². The van der Waals surface area contributed by atoms with Gasteiger partial charge in [-0.15, -0.1) is 10.2 Å². The van der Waals surface area contributed by atoms with Gasteiger partial charge in [-0.2, -0.15) is 5.10 Å². The molecule has 2 aliphatic rings. The number of hydrogen-bond donors (Lipinski definition) is 3. The monoisotopic (exact) mass is 447 g/mol. The third-order valence-electron chi connectivity index (χ3n) is 5.99. The molecule has 1 aliphatic heterocycles. The van der Waals surface area contributed by atoms with Crippen LogP contribution in [0.3, 0.4) is 0 Å². The van der Waals surface area contributed by atoms with E-state index in [4.69, 9.17) is 0 Å². The molecule has 0 radical (unpaired) electrons. The molecule has 2 amide bonds. The molecule has 3 aromatic rings. The first-order valence-electron chi connectivity index (χ1n) is 10.8. The van der Waals surface area contributed by atoms with Crippen LogP contribution >= 0.6 is 0 Å². The van der Waals surface area contributed by atoms with E-state index in [9.17, 15) is 9.59 Å². The molecule has 11 heteroatoms. The van der Waals surface area contributed by atoms with Gasteiger partial charge in [-0.25, -0.2) is 9.67 Å². The number of nitrogens with one attached hydrogen (secondary N) is 3. The fraction of sp³-hybridized carbons (Fsp3) is 0.364. The van der Waals surface area contributed by atoms with Crippen LogP contribution in [-0.4, -0.2) is 50.9 Å². The van der Waals surface area contributed by atoms with Gasteiger partial charge in [0.15, 0.2) is 17.3 Å². The lowest BCUT2D eigenvalue weighted by Gasteiger charge is -2.34. The van der Waals surface area contributed by atoms with Gasteiger partial charge < -0.3 is 20.9 Å². The SMILES string of the molecule is CNC(=O)c1nnc(NC(=O)C2CC2)cc1Nc1cccc2c1N(C)C(C)c1nc(C)nn1-2. The molecule has 0 saturated heterocycles. The van der Waals surface area contributed by atoms with Crippen LogP contribution < -0.4 is 20.9 Å². The zero-order chi connectivity index (χ0) is 23.3. The number of anilines is 4. The summed E-state index contributed by atoms with van der Waals surface area (Å²) < 4.78 is 1.85. The summed E-state index contributed by atoms with van der Waals surface area (Å²) >= 11 is 0. The van der Waals surface area contributed by atoms with Crippen molar-refractivity contribution in [2.75, 3.05) is 29.6 Å². The number of benzene rings is 1. The van der Waals surface area contributed by atoms with E-state index in [2.05, 4.69) is 48.1 Å². The van der Waals surface area contributed by atoms with Gasteiger partial charge in [0.25, 0.3) is 5.91 Å². The molecule has 3 N–H and O–H groups in total. The molecule has 0 spiro atoms. The molecule has 5 rings (SSSR count). The minimum absolute atomic E-state index is 0.0102. The van der Waals surface area contributed by atoms with E-state index in [1.807, 2.05) is 36.9 Å². The first kappa shape index (κ1) is 20.9. The number of nitrogens with zero attached hydrogens (tertiary/aromatic N) is 6. The molecule has 1 atom stereocenters. The molecule has 1 fully saturated rings. The topological polar surface area (TPSA) is 130 Å². The van der Waals surface area contributed by atoms with Gasteiger partial charge in [-0.05, 0) is 38.8 Å². The molecule has 33 heavy (non-hydrogen) atoms. The second-order valence-corrected chi connectivity index (χ2v) is 8.35. The number of aryl methyl sites for hydroxylation is 1. The number of fused-ring (bicyclic) bond motifs is 3. The van der Waals surface area contributed by atoms with Gasteiger partial charge in [0.05, 0.1) is 28.8 Å². The molecule has 170 valence electrons. The van der Waals surface area contributed by atoms with E-state index >= 15 is 0 Å². The average Bonchev–Trinajstić information content (AvgIpc) is 3.58. The Bertz CT molecular complexity index is 1260. The molecular weight excluding hydrogens is 422 g/mol. The first-order valence-corrected chi connectivity index (χ1v) is 10.8. The Labute approximate surface area is 190 Å². The van der Waals surface area contributed by atoms with Crippen molar-refractivity contribution in [2.24, 2.45) is 5.92 Å². The summed E-state index contributed by atoms with van der Waals surface area (Å²) in [5.41, 5.74) is 3.11. The fourth-order valence-corrected chi connectivity index (χ4v) is 3.97. The van der Waals surface area contributed by atoms with E-state index in [1.54, 1.807) is 6.07 Å². The van der Waals surface area contributed by atoms with Crippen molar-refractivity contribution in [1.29, 1.82) is 0 Å². The van der Waals surface area contributed by atoms with Gasteiger partial charge in [0.1, 0.15) is 5.82 Å². The van der Waals surface area contributed by atoms with Crippen molar-refractivity contribution in [2.45, 2.75) is 32.7 Å². The molecule has 1 saturated carbocycles. The number of hydrogen-bond acceptors (Lipinski definition) is 8. The molecule has 2 aromatic heterocycles. The van der Waals surface area contributed by atoms with Crippen LogP contribution in [0, 0.1) is 12.8 Å². The highest BCUT2D eigenvalue weighted by Gasteiger charge is 2.32. The Balaban J connectivity index is 1.57. The van der Waals surface area contributed by atoms with Gasteiger partial charge >= 0.3 is 0 Å². The quantitative estimate of drug-likeness (QED) is 0.543. The summed E-state index contributed by atoms with van der Waals surface area (Å²) in [6.07, 6.45) is 1.76. The van der Waals surface area contributed by atoms with Gasteiger partial charge in [-0.1, -0.05) is 6.07 Å². The van der Waals surface area contributed by atoms with Crippen LogP contribution in [0.5, 0.6) is 0 Å². The highest BCUT2D eigenvalue weighted by Crippen LogP contribution is 2.42. The molecule has 3 heterocycles. The molecule has 11 nitrogen and oxygen atoms in total. The fourth-order valence-electron chi connectivity index (χ4n) is 3.97. The second kappa shape index (κ2) is 7.84. The van der Waals surface area contributed by atoms with E-state index < -0.39 is 0 Å². The van der Waals surface area contributed by atoms with Crippen molar-refractivity contribution in [3.05, 3.63) is 41.6 Å². The van der Waals surface area contributed by atoms with Crippen LogP contribution in [0.2, 0.25) is 0 Å². The zero-order valence-corrected chi connectivity index (χ0v) is 18.9. The highest BCUT2D eigenvalue weighted by molar-refractivity contribution is 6.00. The molecule has 1 aromatic carbocycles. The normalized spacial score (nSPS) is 16.6. The number of rotatable bonds is 5. The third-order valence-corrected chi connectivity index (χ3v) is 5.99. The number of amides is 2. The first-order chi connectivity index (χ1) is 15.9. The lowest BCUT2D eigenvalue weighted by molar-refractivity contribution is -0.117.